The number of para-hydroxylation sites is 1. The van der Waals surface area contributed by atoms with E-state index < -0.39 is 0 Å². The van der Waals surface area contributed by atoms with E-state index in [1.807, 2.05) is 36.6 Å². The van der Waals surface area contributed by atoms with Crippen LogP contribution in [0.2, 0.25) is 0 Å². The minimum Gasteiger partial charge on any atom is -0.384 e. The molecule has 0 spiro atoms. The third kappa shape index (κ3) is 4.18. The van der Waals surface area contributed by atoms with E-state index in [9.17, 15) is 4.79 Å². The van der Waals surface area contributed by atoms with Gasteiger partial charge < -0.3 is 11.1 Å². The van der Waals surface area contributed by atoms with Gasteiger partial charge in [0, 0.05) is 16.0 Å². The Morgan fingerprint density at radius 3 is 2.80 bits per heavy atom. The number of hydrogen-bond acceptors (Lipinski definition) is 5. The molecule has 1 aromatic heterocycles. The van der Waals surface area contributed by atoms with Crippen molar-refractivity contribution >= 4 is 40.9 Å². The third-order valence-electron chi connectivity index (χ3n) is 2.51. The van der Waals surface area contributed by atoms with Crippen molar-refractivity contribution in [3.8, 4) is 0 Å². The molecule has 20 heavy (non-hydrogen) atoms. The summed E-state index contributed by atoms with van der Waals surface area (Å²) in [6.45, 7) is 0. The van der Waals surface area contributed by atoms with Gasteiger partial charge in [0.1, 0.15) is 5.82 Å². The lowest BCUT2D eigenvalue weighted by Crippen LogP contribution is -2.14. The van der Waals surface area contributed by atoms with Crippen LogP contribution in [0.1, 0.15) is 0 Å². The molecule has 0 atom stereocenters. The van der Waals surface area contributed by atoms with Crippen LogP contribution >= 0.6 is 23.5 Å². The van der Waals surface area contributed by atoms with Crippen LogP contribution in [0.15, 0.2) is 52.4 Å². The van der Waals surface area contributed by atoms with E-state index in [2.05, 4.69) is 10.3 Å². The van der Waals surface area contributed by atoms with Crippen LogP contribution in [-0.4, -0.2) is 22.9 Å². The summed E-state index contributed by atoms with van der Waals surface area (Å²) in [6, 6.07) is 11.3. The number of hydrogen-bond donors (Lipinski definition) is 2. The first-order chi connectivity index (χ1) is 9.69. The number of nitrogens with zero attached hydrogens (tertiary/aromatic N) is 1. The van der Waals surface area contributed by atoms with Crippen molar-refractivity contribution in [1.82, 2.24) is 4.98 Å². The van der Waals surface area contributed by atoms with Crippen molar-refractivity contribution in [2.45, 2.75) is 9.79 Å². The van der Waals surface area contributed by atoms with Gasteiger partial charge in [-0.2, -0.15) is 0 Å². The molecule has 1 amide bonds. The molecule has 2 rings (SSSR count). The zero-order chi connectivity index (χ0) is 14.4. The Bertz CT molecular complexity index is 587. The summed E-state index contributed by atoms with van der Waals surface area (Å²) in [5.74, 6) is 0.787. The maximum absolute atomic E-state index is 11.9. The number of carbonyl (C=O) groups excluding carboxylic acids is 1. The Balaban J connectivity index is 1.91. The zero-order valence-corrected chi connectivity index (χ0v) is 12.6. The highest BCUT2D eigenvalue weighted by atomic mass is 32.2. The fraction of sp³-hybridized carbons (Fsp3) is 0.143. The molecule has 2 aromatic rings. The van der Waals surface area contributed by atoms with Crippen molar-refractivity contribution in [1.29, 1.82) is 0 Å². The van der Waals surface area contributed by atoms with Gasteiger partial charge in [0.15, 0.2) is 0 Å². The number of anilines is 2. The number of thioether (sulfide) groups is 2. The topological polar surface area (TPSA) is 68.0 Å². The monoisotopic (exact) mass is 305 g/mol. The molecule has 0 aliphatic heterocycles. The van der Waals surface area contributed by atoms with Crippen molar-refractivity contribution in [3.63, 3.8) is 0 Å². The molecule has 1 aromatic carbocycles. The van der Waals surface area contributed by atoms with E-state index in [0.29, 0.717) is 11.6 Å². The Labute approximate surface area is 126 Å². The second-order valence-electron chi connectivity index (χ2n) is 3.96. The van der Waals surface area contributed by atoms with Crippen LogP contribution in [0.4, 0.5) is 11.5 Å². The summed E-state index contributed by atoms with van der Waals surface area (Å²) in [4.78, 5) is 17.9. The van der Waals surface area contributed by atoms with Gasteiger partial charge in [-0.05, 0) is 30.5 Å². The van der Waals surface area contributed by atoms with Gasteiger partial charge in [-0.15, -0.1) is 23.5 Å². The minimum absolute atomic E-state index is 0.0340. The summed E-state index contributed by atoms with van der Waals surface area (Å²) in [7, 11) is 0. The summed E-state index contributed by atoms with van der Waals surface area (Å²) in [5, 5.41) is 2.92. The second kappa shape index (κ2) is 7.21. The Kier molecular flexibility index (Phi) is 5.31. The van der Waals surface area contributed by atoms with E-state index in [1.54, 1.807) is 24.0 Å². The van der Waals surface area contributed by atoms with Gasteiger partial charge in [-0.3, -0.25) is 4.79 Å². The first-order valence-electron chi connectivity index (χ1n) is 5.96. The number of nitrogens with two attached hydrogens (primary N) is 1. The van der Waals surface area contributed by atoms with Crippen LogP contribution in [0.3, 0.4) is 0 Å². The van der Waals surface area contributed by atoms with Gasteiger partial charge in [-0.25, -0.2) is 4.98 Å². The molecule has 4 nitrogen and oxygen atoms in total. The fourth-order valence-electron chi connectivity index (χ4n) is 1.56. The van der Waals surface area contributed by atoms with E-state index in [1.165, 1.54) is 11.8 Å². The first-order valence-corrected chi connectivity index (χ1v) is 8.17. The number of nitrogens with one attached hydrogen (secondary N) is 1. The smallest absolute Gasteiger partial charge is 0.234 e. The highest BCUT2D eigenvalue weighted by molar-refractivity contribution is 8.00. The molecule has 0 saturated carbocycles. The summed E-state index contributed by atoms with van der Waals surface area (Å²) < 4.78 is 0. The first kappa shape index (κ1) is 14.7. The molecular formula is C14H15N3OS2. The van der Waals surface area contributed by atoms with Crippen LogP contribution in [0.25, 0.3) is 0 Å². The number of rotatable bonds is 5. The van der Waals surface area contributed by atoms with Crippen molar-refractivity contribution in [3.05, 3.63) is 42.6 Å². The van der Waals surface area contributed by atoms with E-state index >= 15 is 0 Å². The largest absolute Gasteiger partial charge is 0.384 e. The molecule has 0 bridgehead atoms. The normalized spacial score (nSPS) is 10.2. The van der Waals surface area contributed by atoms with Gasteiger partial charge in [0.2, 0.25) is 5.91 Å². The molecule has 0 fully saturated rings. The Morgan fingerprint density at radius 2 is 2.10 bits per heavy atom. The van der Waals surface area contributed by atoms with Crippen molar-refractivity contribution < 1.29 is 4.79 Å². The highest BCUT2D eigenvalue weighted by Gasteiger charge is 2.06. The van der Waals surface area contributed by atoms with Crippen LogP contribution in [-0.2, 0) is 4.79 Å². The molecule has 0 aliphatic carbocycles. The van der Waals surface area contributed by atoms with Gasteiger partial charge in [0.25, 0.3) is 0 Å². The predicted octanol–water partition coefficient (Wildman–Crippen LogP) is 3.12. The average molecular weight is 305 g/mol. The highest BCUT2D eigenvalue weighted by Crippen LogP contribution is 2.25. The quantitative estimate of drug-likeness (QED) is 0.831. The average Bonchev–Trinajstić information content (AvgIpc) is 2.47. The second-order valence-corrected chi connectivity index (χ2v) is 5.85. The summed E-state index contributed by atoms with van der Waals surface area (Å²) >= 11 is 3.04. The van der Waals surface area contributed by atoms with Crippen LogP contribution < -0.4 is 11.1 Å². The van der Waals surface area contributed by atoms with E-state index in [-0.39, 0.29) is 5.91 Å². The number of carbonyl (C=O) groups is 1. The molecular weight excluding hydrogens is 290 g/mol. The maximum Gasteiger partial charge on any atom is 0.234 e. The number of benzene rings is 1. The van der Waals surface area contributed by atoms with E-state index in [4.69, 9.17) is 5.73 Å². The Hall–Kier alpha value is -1.66. The Morgan fingerprint density at radius 1 is 1.30 bits per heavy atom. The fourth-order valence-corrected chi connectivity index (χ4v) is 2.78. The lowest BCUT2D eigenvalue weighted by molar-refractivity contribution is -0.113. The molecule has 1 heterocycles. The third-order valence-corrected chi connectivity index (χ3v) is 4.29. The van der Waals surface area contributed by atoms with E-state index in [0.717, 1.165) is 15.5 Å². The minimum atomic E-state index is -0.0340. The van der Waals surface area contributed by atoms with Crippen molar-refractivity contribution in [2.75, 3.05) is 23.1 Å². The molecule has 0 radical (unpaired) electrons. The van der Waals surface area contributed by atoms with Gasteiger partial charge >= 0.3 is 0 Å². The SMILES string of the molecule is CSc1ccccc1NC(=O)CSc1ccc(N)nc1. The van der Waals surface area contributed by atoms with Crippen molar-refractivity contribution in [2.24, 2.45) is 0 Å². The molecule has 104 valence electrons. The maximum atomic E-state index is 11.9. The number of amides is 1. The molecule has 0 aliphatic rings. The van der Waals surface area contributed by atoms with Gasteiger partial charge in [0.05, 0.1) is 11.4 Å². The summed E-state index contributed by atoms with van der Waals surface area (Å²) in [6.07, 6.45) is 3.66. The number of pyridine rings is 1. The lowest BCUT2D eigenvalue weighted by Gasteiger charge is -2.08. The van der Waals surface area contributed by atoms with Crippen LogP contribution in [0, 0.1) is 0 Å². The predicted molar refractivity (Wildman–Crippen MR) is 86.2 cm³/mol. The lowest BCUT2D eigenvalue weighted by atomic mass is 10.3. The summed E-state index contributed by atoms with van der Waals surface area (Å²) in [5.41, 5.74) is 6.36. The zero-order valence-electron chi connectivity index (χ0n) is 11.0. The molecule has 0 saturated heterocycles. The molecule has 6 heteroatoms. The van der Waals surface area contributed by atoms with Gasteiger partial charge in [-0.1, -0.05) is 12.1 Å². The standard InChI is InChI=1S/C14H15N3OS2/c1-19-12-5-3-2-4-11(12)17-14(18)9-20-10-6-7-13(15)16-8-10/h2-8H,9H2,1H3,(H2,15,16)(H,17,18). The van der Waals surface area contributed by atoms with Crippen LogP contribution in [0.5, 0.6) is 0 Å². The molecule has 0 unspecified atom stereocenters. The number of nitrogen functional groups attached to an aromatic ring is 1. The molecule has 3 N–H and O–H groups in total. The number of aromatic nitrogens is 1.